The lowest BCUT2D eigenvalue weighted by Crippen LogP contribution is -2.44. The zero-order valence-electron chi connectivity index (χ0n) is 21.7. The molecule has 0 unspecified atom stereocenters. The van der Waals surface area contributed by atoms with E-state index in [2.05, 4.69) is 10.3 Å². The van der Waals surface area contributed by atoms with Crippen molar-refractivity contribution in [3.8, 4) is 5.75 Å². The van der Waals surface area contributed by atoms with Gasteiger partial charge in [0.2, 0.25) is 0 Å². The number of H-pyrrole nitrogens is 1. The highest BCUT2D eigenvalue weighted by Crippen LogP contribution is 2.29. The number of benzene rings is 3. The minimum Gasteiger partial charge on any atom is -0.445 e. The van der Waals surface area contributed by atoms with Crippen molar-refractivity contribution < 1.29 is 23.5 Å². The van der Waals surface area contributed by atoms with Crippen molar-refractivity contribution in [2.24, 2.45) is 0 Å². The van der Waals surface area contributed by atoms with E-state index < -0.39 is 23.7 Å². The van der Waals surface area contributed by atoms with E-state index in [4.69, 9.17) is 13.9 Å². The fraction of sp³-hybridized carbons (Fsp3) is 0.194. The van der Waals surface area contributed by atoms with Gasteiger partial charge in [-0.15, -0.1) is 0 Å². The summed E-state index contributed by atoms with van der Waals surface area (Å²) in [6, 6.07) is 20.8. The maximum absolute atomic E-state index is 13.5. The smallest absolute Gasteiger partial charge is 0.408 e. The molecule has 3 aromatic carbocycles. The van der Waals surface area contributed by atoms with E-state index >= 15 is 0 Å². The number of alkyl carbamates (subject to hydrolysis) is 1. The number of amides is 1. The minimum atomic E-state index is -1.04. The Morgan fingerprint density at radius 1 is 0.974 bits per heavy atom. The molecule has 1 amide bonds. The number of carbonyl (C=O) groups excluding carboxylic acids is 2. The molecule has 0 spiro atoms. The predicted molar refractivity (Wildman–Crippen MR) is 148 cm³/mol. The number of hydrogen-bond donors (Lipinski definition) is 2. The highest BCUT2D eigenvalue weighted by molar-refractivity contribution is 5.89. The van der Waals surface area contributed by atoms with E-state index in [0.717, 1.165) is 33.0 Å². The van der Waals surface area contributed by atoms with Crippen molar-refractivity contribution in [3.63, 3.8) is 0 Å². The number of aromatic amines is 1. The van der Waals surface area contributed by atoms with Crippen LogP contribution in [0, 0.1) is 6.92 Å². The first kappa shape index (κ1) is 25.8. The van der Waals surface area contributed by atoms with Crippen LogP contribution in [0.2, 0.25) is 0 Å². The Morgan fingerprint density at radius 3 is 2.54 bits per heavy atom. The predicted octanol–water partition coefficient (Wildman–Crippen LogP) is 5.59. The Hall–Kier alpha value is -4.85. The third-order valence-electron chi connectivity index (χ3n) is 6.68. The number of hydrogen-bond acceptors (Lipinski definition) is 6. The van der Waals surface area contributed by atoms with Gasteiger partial charge in [0.25, 0.3) is 0 Å². The highest BCUT2D eigenvalue weighted by atomic mass is 16.6. The van der Waals surface area contributed by atoms with Crippen molar-refractivity contribution in [2.45, 2.75) is 39.3 Å². The van der Waals surface area contributed by atoms with Gasteiger partial charge in [0.15, 0.2) is 0 Å². The second-order valence-electron chi connectivity index (χ2n) is 9.25. The molecule has 0 fully saturated rings. The number of ether oxygens (including phenoxy) is 2. The van der Waals surface area contributed by atoms with Crippen LogP contribution in [0.4, 0.5) is 4.79 Å². The van der Waals surface area contributed by atoms with Gasteiger partial charge >= 0.3 is 17.7 Å². The molecule has 5 aromatic rings. The summed E-state index contributed by atoms with van der Waals surface area (Å²) in [6.45, 7) is 3.74. The number of nitrogens with one attached hydrogen (secondary N) is 2. The molecule has 0 bridgehead atoms. The van der Waals surface area contributed by atoms with Gasteiger partial charge in [-0.1, -0.05) is 55.5 Å². The molecule has 2 heterocycles. The Balaban J connectivity index is 1.40. The van der Waals surface area contributed by atoms with E-state index in [9.17, 15) is 14.4 Å². The maximum atomic E-state index is 13.5. The van der Waals surface area contributed by atoms with Gasteiger partial charge < -0.3 is 24.2 Å². The van der Waals surface area contributed by atoms with Crippen molar-refractivity contribution in [1.82, 2.24) is 10.3 Å². The molecule has 0 saturated carbocycles. The molecule has 0 saturated heterocycles. The number of para-hydroxylation sites is 1. The van der Waals surface area contributed by atoms with E-state index in [-0.39, 0.29) is 18.8 Å². The third kappa shape index (κ3) is 5.70. The molecular weight excluding hydrogens is 496 g/mol. The quantitative estimate of drug-likeness (QED) is 0.156. The molecule has 0 aliphatic carbocycles. The summed E-state index contributed by atoms with van der Waals surface area (Å²) in [5.74, 6) is -0.430. The number of aromatic nitrogens is 1. The second-order valence-corrected chi connectivity index (χ2v) is 9.25. The Labute approximate surface area is 224 Å². The fourth-order valence-electron chi connectivity index (χ4n) is 4.61. The van der Waals surface area contributed by atoms with Gasteiger partial charge in [-0.05, 0) is 48.2 Å². The first-order chi connectivity index (χ1) is 18.9. The maximum Gasteiger partial charge on any atom is 0.408 e. The van der Waals surface area contributed by atoms with Crippen molar-refractivity contribution in [2.75, 3.05) is 0 Å². The van der Waals surface area contributed by atoms with Gasteiger partial charge in [0, 0.05) is 40.5 Å². The van der Waals surface area contributed by atoms with Crippen LogP contribution in [0.1, 0.15) is 29.2 Å². The van der Waals surface area contributed by atoms with Gasteiger partial charge in [-0.25, -0.2) is 14.4 Å². The van der Waals surface area contributed by atoms with Crippen LogP contribution in [0.5, 0.6) is 5.75 Å². The monoisotopic (exact) mass is 524 g/mol. The molecule has 8 heteroatoms. The number of esters is 1. The first-order valence-electron chi connectivity index (χ1n) is 12.7. The topological polar surface area (TPSA) is 111 Å². The molecular formula is C31H28N2O6. The third-order valence-corrected chi connectivity index (χ3v) is 6.68. The van der Waals surface area contributed by atoms with Gasteiger partial charge in [0.1, 0.15) is 24.0 Å². The fourth-order valence-corrected chi connectivity index (χ4v) is 4.61. The van der Waals surface area contributed by atoms with Gasteiger partial charge in [0.05, 0.1) is 0 Å². The van der Waals surface area contributed by atoms with Crippen LogP contribution in [0.15, 0.2) is 88.2 Å². The molecule has 0 aliphatic heterocycles. The summed E-state index contributed by atoms with van der Waals surface area (Å²) in [4.78, 5) is 41.5. The number of carbonyl (C=O) groups is 2. The molecule has 5 rings (SSSR count). The lowest BCUT2D eigenvalue weighted by molar-refractivity contribution is -0.136. The summed E-state index contributed by atoms with van der Waals surface area (Å²) >= 11 is 0. The molecule has 1 atom stereocenters. The van der Waals surface area contributed by atoms with Crippen LogP contribution >= 0.6 is 0 Å². The van der Waals surface area contributed by atoms with Crippen molar-refractivity contribution in [1.29, 1.82) is 0 Å². The Kier molecular flexibility index (Phi) is 7.45. The average Bonchev–Trinajstić information content (AvgIpc) is 3.36. The Morgan fingerprint density at radius 2 is 1.74 bits per heavy atom. The largest absolute Gasteiger partial charge is 0.445 e. The van der Waals surface area contributed by atoms with Gasteiger partial charge in [-0.2, -0.15) is 0 Å². The molecule has 0 radical (unpaired) electrons. The Bertz CT molecular complexity index is 1700. The zero-order valence-corrected chi connectivity index (χ0v) is 21.7. The minimum absolute atomic E-state index is 0.0596. The summed E-state index contributed by atoms with van der Waals surface area (Å²) in [5, 5.41) is 4.39. The SMILES string of the molecule is CCc1cc(=O)oc2c(C)c(OC(=O)[C@@H](Cc3c[nH]c4ccccc34)NC(=O)OCc3ccccc3)ccc12. The van der Waals surface area contributed by atoms with Crippen LogP contribution in [0.3, 0.4) is 0 Å². The highest BCUT2D eigenvalue weighted by Gasteiger charge is 2.26. The number of fused-ring (bicyclic) bond motifs is 2. The molecule has 39 heavy (non-hydrogen) atoms. The number of aryl methyl sites for hydroxylation is 2. The average molecular weight is 525 g/mol. The molecule has 198 valence electrons. The van der Waals surface area contributed by atoms with Gasteiger partial charge in [-0.3, -0.25) is 0 Å². The summed E-state index contributed by atoms with van der Waals surface area (Å²) in [5.41, 5.74) is 3.85. The summed E-state index contributed by atoms with van der Waals surface area (Å²) < 4.78 is 16.6. The van der Waals surface area contributed by atoms with E-state index in [1.807, 2.05) is 67.7 Å². The lowest BCUT2D eigenvalue weighted by Gasteiger charge is -2.18. The van der Waals surface area contributed by atoms with E-state index in [1.165, 1.54) is 6.07 Å². The summed E-state index contributed by atoms with van der Waals surface area (Å²) in [6.07, 6.45) is 1.90. The normalized spacial score (nSPS) is 11.8. The van der Waals surface area contributed by atoms with Crippen LogP contribution < -0.4 is 15.7 Å². The zero-order chi connectivity index (χ0) is 27.4. The molecule has 2 N–H and O–H groups in total. The molecule has 2 aromatic heterocycles. The van der Waals surface area contributed by atoms with Crippen LogP contribution in [-0.2, 0) is 29.0 Å². The standard InChI is InChI=1S/C31H28N2O6/c1-3-21-16-28(34)39-29-19(2)27(14-13-24(21)29)38-30(35)26(15-22-17-32-25-12-8-7-11-23(22)25)33-31(36)37-18-20-9-5-4-6-10-20/h4-14,16-17,26,32H,3,15,18H2,1-2H3,(H,33,36)/t26-/m1/s1. The number of rotatable bonds is 8. The van der Waals surface area contributed by atoms with Crippen LogP contribution in [0.25, 0.3) is 21.9 Å². The molecule has 0 aliphatic rings. The lowest BCUT2D eigenvalue weighted by atomic mass is 10.0. The summed E-state index contributed by atoms with van der Waals surface area (Å²) in [7, 11) is 0. The van der Waals surface area contributed by atoms with Crippen molar-refractivity contribution in [3.05, 3.63) is 112 Å². The first-order valence-corrected chi connectivity index (χ1v) is 12.7. The van der Waals surface area contributed by atoms with Crippen molar-refractivity contribution >= 4 is 33.9 Å². The van der Waals surface area contributed by atoms with Crippen LogP contribution in [-0.4, -0.2) is 23.1 Å². The van der Waals surface area contributed by atoms with E-state index in [0.29, 0.717) is 17.6 Å². The second kappa shape index (κ2) is 11.3. The molecule has 8 nitrogen and oxygen atoms in total. The van der Waals surface area contributed by atoms with E-state index in [1.54, 1.807) is 19.1 Å².